The van der Waals surface area contributed by atoms with Gasteiger partial charge in [-0.2, -0.15) is 0 Å². The maximum atomic E-state index is 13.2. The molecule has 0 unspecified atom stereocenters. The van der Waals surface area contributed by atoms with Gasteiger partial charge in [-0.15, -0.1) is 0 Å². The number of rotatable bonds is 6. The Kier molecular flexibility index (Phi) is 5.81. The Morgan fingerprint density at radius 1 is 1.14 bits per heavy atom. The number of carbonyl (C=O) groups is 1. The van der Waals surface area contributed by atoms with Crippen LogP contribution in [0.3, 0.4) is 0 Å². The Morgan fingerprint density at radius 3 is 2.76 bits per heavy atom. The molecule has 4 rings (SSSR count). The maximum Gasteiger partial charge on any atom is 0.274 e. The van der Waals surface area contributed by atoms with Crippen LogP contribution in [0.25, 0.3) is 5.65 Å². The Labute approximate surface area is 171 Å². The molecule has 2 aromatic heterocycles. The molecule has 0 atom stereocenters. The van der Waals surface area contributed by atoms with E-state index in [1.165, 1.54) is 6.42 Å². The molecule has 0 aliphatic carbocycles. The van der Waals surface area contributed by atoms with Gasteiger partial charge in [-0.05, 0) is 55.5 Å². The summed E-state index contributed by atoms with van der Waals surface area (Å²) >= 11 is 0. The summed E-state index contributed by atoms with van der Waals surface area (Å²) in [5, 5.41) is 3.48. The lowest BCUT2D eigenvalue weighted by atomic mass is 10.1. The van der Waals surface area contributed by atoms with Crippen LogP contribution in [0.15, 0.2) is 42.6 Å². The Hall–Kier alpha value is -2.86. The van der Waals surface area contributed by atoms with Crippen LogP contribution in [0, 0.1) is 6.92 Å². The Balaban J connectivity index is 1.59. The van der Waals surface area contributed by atoms with E-state index in [9.17, 15) is 4.79 Å². The van der Waals surface area contributed by atoms with Crippen LogP contribution in [0.1, 0.15) is 46.6 Å². The number of methoxy groups -OCH3 is 1. The number of fused-ring (bicyclic) bond motifs is 1. The van der Waals surface area contributed by atoms with Crippen LogP contribution < -0.4 is 10.1 Å². The lowest BCUT2D eigenvalue weighted by molar-refractivity contribution is 0.0717. The first kappa shape index (κ1) is 19.5. The van der Waals surface area contributed by atoms with Crippen LogP contribution in [0.4, 0.5) is 0 Å². The van der Waals surface area contributed by atoms with Crippen molar-refractivity contribution in [1.82, 2.24) is 19.6 Å². The summed E-state index contributed by atoms with van der Waals surface area (Å²) in [5.74, 6) is 0.890. The normalized spacial score (nSPS) is 14.3. The zero-order valence-corrected chi connectivity index (χ0v) is 17.1. The molecule has 1 amide bonds. The third-order valence-electron chi connectivity index (χ3n) is 5.55. The van der Waals surface area contributed by atoms with Crippen LogP contribution >= 0.6 is 0 Å². The number of imidazole rings is 1. The van der Waals surface area contributed by atoms with E-state index < -0.39 is 0 Å². The molecule has 1 N–H and O–H groups in total. The standard InChI is InChI=1S/C23H28N4O2/c1-17-8-7-13-27-20(16-24-15-18-9-6-10-19(14-18)29-2)21(25-22(17)27)23(28)26-11-4-3-5-12-26/h6-10,13-14,24H,3-5,11-12,15-16H2,1-2H3. The highest BCUT2D eigenvalue weighted by Crippen LogP contribution is 2.20. The molecule has 0 saturated carbocycles. The number of carbonyl (C=O) groups excluding carboxylic acids is 1. The summed E-state index contributed by atoms with van der Waals surface area (Å²) < 4.78 is 7.35. The number of aryl methyl sites for hydroxylation is 1. The summed E-state index contributed by atoms with van der Waals surface area (Å²) in [6.07, 6.45) is 5.33. The number of nitrogens with one attached hydrogen (secondary N) is 1. The first-order valence-corrected chi connectivity index (χ1v) is 10.3. The molecule has 0 radical (unpaired) electrons. The number of hydrogen-bond acceptors (Lipinski definition) is 4. The first-order chi connectivity index (χ1) is 14.2. The summed E-state index contributed by atoms with van der Waals surface area (Å²) in [4.78, 5) is 19.9. The van der Waals surface area contributed by atoms with Gasteiger partial charge in [0.05, 0.1) is 12.8 Å². The minimum atomic E-state index is 0.0472. The molecule has 3 aromatic rings. The SMILES string of the molecule is COc1cccc(CNCc2c(C(=O)N3CCCCC3)nc3c(C)cccn23)c1. The van der Waals surface area contributed by atoms with Crippen molar-refractivity contribution in [2.75, 3.05) is 20.2 Å². The third kappa shape index (κ3) is 4.12. The van der Waals surface area contributed by atoms with E-state index in [4.69, 9.17) is 9.72 Å². The van der Waals surface area contributed by atoms with Gasteiger partial charge in [-0.25, -0.2) is 4.98 Å². The third-order valence-corrected chi connectivity index (χ3v) is 5.55. The fourth-order valence-electron chi connectivity index (χ4n) is 3.95. The van der Waals surface area contributed by atoms with Crippen molar-refractivity contribution in [3.8, 4) is 5.75 Å². The maximum absolute atomic E-state index is 13.2. The average Bonchev–Trinajstić information content (AvgIpc) is 3.14. The van der Waals surface area contributed by atoms with Crippen molar-refractivity contribution in [1.29, 1.82) is 0 Å². The quantitative estimate of drug-likeness (QED) is 0.697. The molecule has 3 heterocycles. The molecular formula is C23H28N4O2. The van der Waals surface area contributed by atoms with Crippen molar-refractivity contribution in [3.05, 3.63) is 65.1 Å². The number of hydrogen-bond donors (Lipinski definition) is 1. The van der Waals surface area contributed by atoms with Gasteiger partial charge >= 0.3 is 0 Å². The lowest BCUT2D eigenvalue weighted by Crippen LogP contribution is -2.36. The van der Waals surface area contributed by atoms with Gasteiger partial charge in [0.25, 0.3) is 5.91 Å². The van der Waals surface area contributed by atoms with Gasteiger partial charge in [0.1, 0.15) is 11.4 Å². The van der Waals surface area contributed by atoms with E-state index in [2.05, 4.69) is 11.4 Å². The summed E-state index contributed by atoms with van der Waals surface area (Å²) in [5.41, 5.74) is 4.55. The van der Waals surface area contributed by atoms with Gasteiger partial charge in [-0.3, -0.25) is 4.79 Å². The van der Waals surface area contributed by atoms with E-state index in [0.29, 0.717) is 18.8 Å². The van der Waals surface area contributed by atoms with Crippen LogP contribution in [0.2, 0.25) is 0 Å². The summed E-state index contributed by atoms with van der Waals surface area (Å²) in [7, 11) is 1.67. The van der Waals surface area contributed by atoms with E-state index in [1.54, 1.807) is 7.11 Å². The minimum Gasteiger partial charge on any atom is -0.497 e. The fraction of sp³-hybridized carbons (Fsp3) is 0.391. The molecule has 1 aliphatic rings. The fourth-order valence-corrected chi connectivity index (χ4v) is 3.95. The Bertz CT molecular complexity index is 1010. The van der Waals surface area contributed by atoms with Crippen molar-refractivity contribution < 1.29 is 9.53 Å². The van der Waals surface area contributed by atoms with E-state index >= 15 is 0 Å². The molecule has 1 aliphatic heterocycles. The second-order valence-corrected chi connectivity index (χ2v) is 7.60. The summed E-state index contributed by atoms with van der Waals surface area (Å²) in [6.45, 7) is 4.93. The van der Waals surface area contributed by atoms with Gasteiger partial charge in [-0.1, -0.05) is 18.2 Å². The summed E-state index contributed by atoms with van der Waals surface area (Å²) in [6, 6.07) is 12.0. The number of ether oxygens (including phenoxy) is 1. The van der Waals surface area contributed by atoms with Crippen LogP contribution in [-0.2, 0) is 13.1 Å². The van der Waals surface area contributed by atoms with Gasteiger partial charge in [0, 0.05) is 32.4 Å². The molecule has 1 saturated heterocycles. The molecular weight excluding hydrogens is 364 g/mol. The number of pyridine rings is 1. The monoisotopic (exact) mass is 392 g/mol. The van der Waals surface area contributed by atoms with Crippen LogP contribution in [-0.4, -0.2) is 40.4 Å². The number of aromatic nitrogens is 2. The predicted octanol–water partition coefficient (Wildman–Crippen LogP) is 3.57. The van der Waals surface area contributed by atoms with Crippen LogP contribution in [0.5, 0.6) is 5.75 Å². The van der Waals surface area contributed by atoms with Crippen molar-refractivity contribution in [2.24, 2.45) is 0 Å². The van der Waals surface area contributed by atoms with E-state index in [1.807, 2.05) is 52.8 Å². The highest BCUT2D eigenvalue weighted by molar-refractivity contribution is 5.94. The predicted molar refractivity (Wildman–Crippen MR) is 113 cm³/mol. The highest BCUT2D eigenvalue weighted by Gasteiger charge is 2.25. The largest absolute Gasteiger partial charge is 0.497 e. The number of nitrogens with zero attached hydrogens (tertiary/aromatic N) is 3. The van der Waals surface area contributed by atoms with Crippen molar-refractivity contribution in [2.45, 2.75) is 39.3 Å². The second kappa shape index (κ2) is 8.66. The molecule has 29 heavy (non-hydrogen) atoms. The molecule has 1 aromatic carbocycles. The smallest absolute Gasteiger partial charge is 0.274 e. The van der Waals surface area contributed by atoms with E-state index in [-0.39, 0.29) is 5.91 Å². The van der Waals surface area contributed by atoms with Gasteiger partial charge < -0.3 is 19.4 Å². The van der Waals surface area contributed by atoms with Crippen molar-refractivity contribution >= 4 is 11.6 Å². The number of likely N-dealkylation sites (tertiary alicyclic amines) is 1. The Morgan fingerprint density at radius 2 is 1.97 bits per heavy atom. The minimum absolute atomic E-state index is 0.0472. The molecule has 1 fully saturated rings. The molecule has 6 heteroatoms. The van der Waals surface area contributed by atoms with E-state index in [0.717, 1.165) is 54.1 Å². The number of benzene rings is 1. The average molecular weight is 393 g/mol. The number of amides is 1. The topological polar surface area (TPSA) is 58.9 Å². The highest BCUT2D eigenvalue weighted by atomic mass is 16.5. The second-order valence-electron chi connectivity index (χ2n) is 7.60. The number of piperidine rings is 1. The molecule has 0 bridgehead atoms. The zero-order valence-electron chi connectivity index (χ0n) is 17.1. The molecule has 152 valence electrons. The first-order valence-electron chi connectivity index (χ1n) is 10.3. The van der Waals surface area contributed by atoms with Gasteiger partial charge in [0.2, 0.25) is 0 Å². The molecule has 6 nitrogen and oxygen atoms in total. The molecule has 0 spiro atoms. The van der Waals surface area contributed by atoms with Gasteiger partial charge in [0.15, 0.2) is 5.69 Å². The zero-order chi connectivity index (χ0) is 20.2. The lowest BCUT2D eigenvalue weighted by Gasteiger charge is -2.26. The van der Waals surface area contributed by atoms with Crippen molar-refractivity contribution in [3.63, 3.8) is 0 Å².